The average molecular weight is 544 g/mol. The Bertz CT molecular complexity index is 370. The van der Waals surface area contributed by atoms with Crippen LogP contribution in [0.5, 0.6) is 0 Å². The van der Waals surface area contributed by atoms with E-state index in [9.17, 15) is 8.42 Å². The summed E-state index contributed by atoms with van der Waals surface area (Å²) >= 11 is 6.56. The summed E-state index contributed by atoms with van der Waals surface area (Å²) in [6.45, 7) is 0. The summed E-state index contributed by atoms with van der Waals surface area (Å²) in [4.78, 5) is 0.0756. The molecule has 0 aromatic heterocycles. The summed E-state index contributed by atoms with van der Waals surface area (Å²) in [6, 6.07) is 5.70. The first-order valence-electron chi connectivity index (χ1n) is 3.12. The number of hydrogen-bond donors (Lipinski definition) is 3. The van der Waals surface area contributed by atoms with Crippen molar-refractivity contribution in [3.8, 4) is 0 Å². The Kier molecular flexibility index (Phi) is 10.3. The predicted octanol–water partition coefficient (Wildman–Crippen LogP) is 1.77. The number of primary sulfonamides is 1. The van der Waals surface area contributed by atoms with Crippen molar-refractivity contribution in [2.24, 2.45) is 5.14 Å². The molecular formula is C6H11Br2N3O2PtS. The molecule has 0 aliphatic carbocycles. The third kappa shape index (κ3) is 8.36. The van der Waals surface area contributed by atoms with Crippen LogP contribution in [-0.4, -0.2) is 8.42 Å². The van der Waals surface area contributed by atoms with Gasteiger partial charge in [0.1, 0.15) is 0 Å². The van der Waals surface area contributed by atoms with Crippen molar-refractivity contribution in [3.63, 3.8) is 0 Å². The Balaban J connectivity index is 0. The minimum atomic E-state index is -3.58. The fourth-order valence-electron chi connectivity index (χ4n) is 0.658. The van der Waals surface area contributed by atoms with Crippen LogP contribution in [0.3, 0.4) is 0 Å². The number of halogens is 2. The molecule has 1 aromatic carbocycles. The van der Waals surface area contributed by atoms with Gasteiger partial charge >= 0.3 is 41.0 Å². The van der Waals surface area contributed by atoms with Gasteiger partial charge < -0.3 is 11.9 Å². The van der Waals surface area contributed by atoms with Crippen molar-refractivity contribution < 1.29 is 22.9 Å². The van der Waals surface area contributed by atoms with Crippen LogP contribution in [0, 0.1) is 0 Å². The Labute approximate surface area is 110 Å². The molecule has 1 rings (SSSR count). The molecule has 0 unspecified atom stereocenters. The zero-order valence-corrected chi connectivity index (χ0v) is 13.7. The van der Waals surface area contributed by atoms with Crippen LogP contribution in [0.15, 0.2) is 29.2 Å². The van der Waals surface area contributed by atoms with Crippen molar-refractivity contribution in [2.45, 2.75) is 4.90 Å². The average Bonchev–Trinajstić information content (AvgIpc) is 2.04. The monoisotopic (exact) mass is 542 g/mol. The second-order valence-corrected chi connectivity index (χ2v) is 13.7. The predicted molar refractivity (Wildman–Crippen MR) is 65.1 cm³/mol. The number of sulfonamides is 1. The molecule has 15 heavy (non-hydrogen) atoms. The van der Waals surface area contributed by atoms with Gasteiger partial charge in [0.05, 0.1) is 4.90 Å². The summed E-state index contributed by atoms with van der Waals surface area (Å²) in [7, 11) is -3.58. The zero-order chi connectivity index (χ0) is 11.2. The normalized spacial score (nSPS) is 9.80. The molecule has 92 valence electrons. The topological polar surface area (TPSA) is 121 Å². The van der Waals surface area contributed by atoms with Crippen LogP contribution >= 0.6 is 26.6 Å². The maximum atomic E-state index is 10.7. The Hall–Kier alpha value is 0.538. The van der Waals surface area contributed by atoms with Gasteiger partial charge in [-0.15, -0.1) is 0 Å². The number of nitrogens with two attached hydrogens (primary N) is 2. The summed E-state index contributed by atoms with van der Waals surface area (Å²) in [5.41, 5.74) is 5.85. The van der Waals surface area contributed by atoms with Crippen LogP contribution < -0.4 is 17.0 Å². The molecule has 0 aliphatic rings. The molecule has 0 aliphatic heterocycles. The number of anilines is 1. The molecule has 0 bridgehead atoms. The van der Waals surface area contributed by atoms with E-state index in [-0.39, 0.29) is 25.5 Å². The van der Waals surface area contributed by atoms with E-state index in [0.717, 1.165) is 0 Å². The summed E-state index contributed by atoms with van der Waals surface area (Å²) in [6.07, 6.45) is 0. The summed E-state index contributed by atoms with van der Waals surface area (Å²) in [5.74, 6) is 0. The van der Waals surface area contributed by atoms with Crippen LogP contribution in [0.25, 0.3) is 0 Å². The van der Waals surface area contributed by atoms with Crippen molar-refractivity contribution in [2.75, 3.05) is 5.73 Å². The molecule has 5 nitrogen and oxygen atoms in total. The SMILES string of the molecule is N.Nc1ccc(S(N)(=O)=O)cc1.[Br][Pt][Br]. The first-order valence-corrected chi connectivity index (χ1v) is 14.6. The fourth-order valence-corrected chi connectivity index (χ4v) is 1.17. The fraction of sp³-hybridized carbons (Fsp3) is 0. The quantitative estimate of drug-likeness (QED) is 0.467. The van der Waals surface area contributed by atoms with E-state index in [1.807, 2.05) is 0 Å². The van der Waals surface area contributed by atoms with E-state index in [4.69, 9.17) is 10.9 Å². The molecular weight excluding hydrogens is 533 g/mol. The van der Waals surface area contributed by atoms with Gasteiger partial charge in [-0.05, 0) is 24.3 Å². The number of rotatable bonds is 1. The minimum absolute atomic E-state index is 0. The van der Waals surface area contributed by atoms with E-state index in [0.29, 0.717) is 5.69 Å². The summed E-state index contributed by atoms with van der Waals surface area (Å²) < 4.78 is 21.4. The van der Waals surface area contributed by atoms with Gasteiger partial charge in [-0.3, -0.25) is 0 Å². The van der Waals surface area contributed by atoms with Gasteiger partial charge in [-0.1, -0.05) is 0 Å². The van der Waals surface area contributed by atoms with E-state index in [1.165, 1.54) is 24.3 Å². The van der Waals surface area contributed by atoms with Crippen molar-refractivity contribution in [3.05, 3.63) is 24.3 Å². The number of benzene rings is 1. The molecule has 0 saturated carbocycles. The Morgan fingerprint density at radius 1 is 1.13 bits per heavy atom. The first kappa shape index (κ1) is 17.9. The van der Waals surface area contributed by atoms with Gasteiger partial charge in [0.25, 0.3) is 0 Å². The molecule has 0 spiro atoms. The second kappa shape index (κ2) is 8.66. The Morgan fingerprint density at radius 2 is 1.47 bits per heavy atom. The van der Waals surface area contributed by atoms with Crippen molar-refractivity contribution in [1.29, 1.82) is 0 Å². The number of nitrogen functional groups attached to an aromatic ring is 1. The van der Waals surface area contributed by atoms with Gasteiger partial charge in [0, 0.05) is 5.69 Å². The van der Waals surface area contributed by atoms with Gasteiger partial charge in [-0.25, -0.2) is 13.6 Å². The standard InChI is InChI=1S/C6H8N2O2S.2BrH.H3N.Pt/c7-5-1-3-6(4-2-5)11(8,9)10;;;;/h1-4H,7H2,(H2,8,9,10);2*1H;1H3;/q;;;;+2/p-2. The van der Waals surface area contributed by atoms with Crippen molar-refractivity contribution >= 4 is 42.3 Å². The van der Waals surface area contributed by atoms with E-state index < -0.39 is 10.0 Å². The molecule has 0 heterocycles. The van der Waals surface area contributed by atoms with E-state index >= 15 is 0 Å². The molecule has 9 heteroatoms. The molecule has 7 N–H and O–H groups in total. The van der Waals surface area contributed by atoms with Gasteiger partial charge in [0.2, 0.25) is 10.0 Å². The Morgan fingerprint density at radius 3 is 1.73 bits per heavy atom. The summed E-state index contributed by atoms with van der Waals surface area (Å²) in [5, 5.41) is 4.84. The third-order valence-corrected chi connectivity index (χ3v) is 2.14. The molecule has 0 amide bonds. The molecule has 0 fully saturated rings. The van der Waals surface area contributed by atoms with Crippen LogP contribution in [0.4, 0.5) is 5.69 Å². The van der Waals surface area contributed by atoms with Gasteiger partial charge in [-0.2, -0.15) is 0 Å². The van der Waals surface area contributed by atoms with E-state index in [2.05, 4.69) is 26.6 Å². The third-order valence-electron chi connectivity index (χ3n) is 1.21. The molecule has 1 aromatic rings. The van der Waals surface area contributed by atoms with Crippen LogP contribution in [0.1, 0.15) is 0 Å². The van der Waals surface area contributed by atoms with E-state index in [1.54, 1.807) is 0 Å². The molecule has 0 radical (unpaired) electrons. The zero-order valence-electron chi connectivity index (χ0n) is 7.47. The maximum absolute atomic E-state index is 10.7. The second-order valence-electron chi connectivity index (χ2n) is 2.16. The van der Waals surface area contributed by atoms with Crippen LogP contribution in [0.2, 0.25) is 0 Å². The van der Waals surface area contributed by atoms with Crippen molar-refractivity contribution in [1.82, 2.24) is 6.15 Å². The van der Waals surface area contributed by atoms with Crippen LogP contribution in [-0.2, 0) is 24.5 Å². The first-order chi connectivity index (χ1) is 6.41. The molecule has 0 atom stereocenters. The molecule has 0 saturated heterocycles. The van der Waals surface area contributed by atoms with Gasteiger partial charge in [0.15, 0.2) is 0 Å². The number of hydrogen-bond acceptors (Lipinski definition) is 4.